The lowest BCUT2D eigenvalue weighted by molar-refractivity contribution is 0.0900. The van der Waals surface area contributed by atoms with Crippen LogP contribution in [0.3, 0.4) is 0 Å². The molecule has 2 rings (SSSR count). The summed E-state index contributed by atoms with van der Waals surface area (Å²) in [5.41, 5.74) is 2.53. The van der Waals surface area contributed by atoms with Crippen molar-refractivity contribution in [2.24, 2.45) is 0 Å². The first-order valence-electron chi connectivity index (χ1n) is 6.78. The Morgan fingerprint density at radius 1 is 1.20 bits per heavy atom. The SMILES string of the molecule is Cc1cc(C)cc(C(C)(O)c2c(Cl)cnn2C(C)C)c1. The monoisotopic (exact) mass is 292 g/mol. The van der Waals surface area contributed by atoms with E-state index >= 15 is 0 Å². The fourth-order valence-corrected chi connectivity index (χ4v) is 2.89. The lowest BCUT2D eigenvalue weighted by Crippen LogP contribution is -2.28. The molecule has 1 aromatic carbocycles. The Hall–Kier alpha value is -1.32. The third kappa shape index (κ3) is 2.60. The molecule has 4 heteroatoms. The molecular formula is C16H21ClN2O. The Kier molecular flexibility index (Phi) is 3.94. The smallest absolute Gasteiger partial charge is 0.130 e. The van der Waals surface area contributed by atoms with Crippen molar-refractivity contribution < 1.29 is 5.11 Å². The topological polar surface area (TPSA) is 38.1 Å². The third-order valence-electron chi connectivity index (χ3n) is 3.48. The number of hydrogen-bond acceptors (Lipinski definition) is 2. The lowest BCUT2D eigenvalue weighted by Gasteiger charge is -2.27. The number of hydrogen-bond donors (Lipinski definition) is 1. The first-order valence-corrected chi connectivity index (χ1v) is 7.16. The van der Waals surface area contributed by atoms with Gasteiger partial charge in [-0.25, -0.2) is 0 Å². The van der Waals surface area contributed by atoms with E-state index < -0.39 is 5.60 Å². The number of nitrogens with zero attached hydrogens (tertiary/aromatic N) is 2. The van der Waals surface area contributed by atoms with Crippen molar-refractivity contribution in [1.82, 2.24) is 9.78 Å². The Labute approximate surface area is 125 Å². The van der Waals surface area contributed by atoms with Gasteiger partial charge in [-0.2, -0.15) is 5.10 Å². The zero-order valence-electron chi connectivity index (χ0n) is 12.6. The summed E-state index contributed by atoms with van der Waals surface area (Å²) < 4.78 is 1.78. The number of aryl methyl sites for hydroxylation is 2. The van der Waals surface area contributed by atoms with Crippen molar-refractivity contribution in [3.63, 3.8) is 0 Å². The molecule has 0 aliphatic carbocycles. The van der Waals surface area contributed by atoms with Gasteiger partial charge in [0.25, 0.3) is 0 Å². The second-order valence-electron chi connectivity index (χ2n) is 5.83. The van der Waals surface area contributed by atoms with Crippen LogP contribution < -0.4 is 0 Å². The highest BCUT2D eigenvalue weighted by molar-refractivity contribution is 6.31. The molecule has 1 N–H and O–H groups in total. The van der Waals surface area contributed by atoms with Crippen molar-refractivity contribution in [3.05, 3.63) is 51.8 Å². The summed E-state index contributed by atoms with van der Waals surface area (Å²) in [7, 11) is 0. The van der Waals surface area contributed by atoms with Crippen molar-refractivity contribution in [2.45, 2.75) is 46.3 Å². The van der Waals surface area contributed by atoms with E-state index in [2.05, 4.69) is 11.2 Å². The van der Waals surface area contributed by atoms with Gasteiger partial charge in [-0.05, 0) is 40.2 Å². The van der Waals surface area contributed by atoms with Gasteiger partial charge in [0, 0.05) is 6.04 Å². The lowest BCUT2D eigenvalue weighted by atomic mass is 9.89. The number of halogens is 1. The van der Waals surface area contributed by atoms with E-state index in [9.17, 15) is 5.11 Å². The molecule has 1 atom stereocenters. The van der Waals surface area contributed by atoms with E-state index in [0.717, 1.165) is 16.7 Å². The van der Waals surface area contributed by atoms with Gasteiger partial charge in [-0.1, -0.05) is 40.9 Å². The van der Waals surface area contributed by atoms with Gasteiger partial charge in [0.1, 0.15) is 5.60 Å². The summed E-state index contributed by atoms with van der Waals surface area (Å²) in [5, 5.41) is 15.8. The van der Waals surface area contributed by atoms with Gasteiger partial charge < -0.3 is 5.11 Å². The van der Waals surface area contributed by atoms with Crippen LogP contribution in [0, 0.1) is 13.8 Å². The summed E-state index contributed by atoms with van der Waals surface area (Å²) in [6, 6.07) is 6.19. The van der Waals surface area contributed by atoms with Crippen LogP contribution in [-0.2, 0) is 5.60 Å². The predicted octanol–water partition coefficient (Wildman–Crippen LogP) is 3.99. The number of rotatable bonds is 3. The first kappa shape index (κ1) is 15.1. The molecule has 1 aromatic heterocycles. The van der Waals surface area contributed by atoms with Crippen molar-refractivity contribution >= 4 is 11.6 Å². The molecule has 20 heavy (non-hydrogen) atoms. The van der Waals surface area contributed by atoms with E-state index in [1.807, 2.05) is 39.8 Å². The minimum Gasteiger partial charge on any atom is -0.379 e. The maximum Gasteiger partial charge on any atom is 0.130 e. The Balaban J connectivity index is 2.63. The van der Waals surface area contributed by atoms with Crippen LogP contribution in [0.25, 0.3) is 0 Å². The minimum atomic E-state index is -1.17. The highest BCUT2D eigenvalue weighted by Crippen LogP contribution is 2.35. The van der Waals surface area contributed by atoms with Crippen LogP contribution in [0.2, 0.25) is 5.02 Å². The quantitative estimate of drug-likeness (QED) is 0.929. The molecule has 0 spiro atoms. The molecule has 0 radical (unpaired) electrons. The number of aliphatic hydroxyl groups is 1. The number of aromatic nitrogens is 2. The van der Waals surface area contributed by atoms with Crippen molar-refractivity contribution in [2.75, 3.05) is 0 Å². The molecule has 3 nitrogen and oxygen atoms in total. The van der Waals surface area contributed by atoms with E-state index in [1.54, 1.807) is 17.8 Å². The van der Waals surface area contributed by atoms with Gasteiger partial charge in [-0.15, -0.1) is 0 Å². The second kappa shape index (κ2) is 5.23. The standard InChI is InChI=1S/C16H21ClN2O/c1-10(2)19-15(14(17)9-18-19)16(5,20)13-7-11(3)6-12(4)8-13/h6-10,20H,1-5H3. The molecular weight excluding hydrogens is 272 g/mol. The van der Waals surface area contributed by atoms with Crippen LogP contribution in [0.5, 0.6) is 0 Å². The predicted molar refractivity (Wildman–Crippen MR) is 82.2 cm³/mol. The molecule has 1 unspecified atom stereocenters. The highest BCUT2D eigenvalue weighted by Gasteiger charge is 2.33. The molecule has 108 valence electrons. The van der Waals surface area contributed by atoms with Crippen LogP contribution in [0.1, 0.15) is 49.2 Å². The van der Waals surface area contributed by atoms with E-state index in [1.165, 1.54) is 0 Å². The first-order chi connectivity index (χ1) is 9.23. The third-order valence-corrected chi connectivity index (χ3v) is 3.76. The van der Waals surface area contributed by atoms with E-state index in [0.29, 0.717) is 10.7 Å². The Bertz CT molecular complexity index is 609. The highest BCUT2D eigenvalue weighted by atomic mass is 35.5. The molecule has 0 bridgehead atoms. The maximum absolute atomic E-state index is 11.1. The van der Waals surface area contributed by atoms with Gasteiger partial charge >= 0.3 is 0 Å². The largest absolute Gasteiger partial charge is 0.379 e. The van der Waals surface area contributed by atoms with Gasteiger partial charge in [0.2, 0.25) is 0 Å². The zero-order valence-corrected chi connectivity index (χ0v) is 13.4. The molecule has 0 aliphatic heterocycles. The summed E-state index contributed by atoms with van der Waals surface area (Å²) >= 11 is 6.26. The fraction of sp³-hybridized carbons (Fsp3) is 0.438. The van der Waals surface area contributed by atoms with Gasteiger partial charge in [0.05, 0.1) is 16.9 Å². The number of benzene rings is 1. The van der Waals surface area contributed by atoms with Gasteiger partial charge in [-0.3, -0.25) is 4.68 Å². The molecule has 2 aromatic rings. The van der Waals surface area contributed by atoms with E-state index in [-0.39, 0.29) is 6.04 Å². The van der Waals surface area contributed by atoms with Gasteiger partial charge in [0.15, 0.2) is 0 Å². The Morgan fingerprint density at radius 2 is 1.75 bits per heavy atom. The maximum atomic E-state index is 11.1. The van der Waals surface area contributed by atoms with E-state index in [4.69, 9.17) is 11.6 Å². The van der Waals surface area contributed by atoms with Crippen LogP contribution in [0.15, 0.2) is 24.4 Å². The molecule has 0 aliphatic rings. The molecule has 0 fully saturated rings. The van der Waals surface area contributed by atoms with Crippen LogP contribution in [-0.4, -0.2) is 14.9 Å². The fourth-order valence-electron chi connectivity index (χ4n) is 2.58. The summed E-state index contributed by atoms with van der Waals surface area (Å²) in [6.45, 7) is 9.85. The van der Waals surface area contributed by atoms with Crippen molar-refractivity contribution in [1.29, 1.82) is 0 Å². The zero-order chi connectivity index (χ0) is 15.1. The molecule has 0 saturated carbocycles. The molecule has 1 heterocycles. The summed E-state index contributed by atoms with van der Waals surface area (Å²) in [5.74, 6) is 0. The average Bonchev–Trinajstić information content (AvgIpc) is 2.70. The Morgan fingerprint density at radius 3 is 2.25 bits per heavy atom. The average molecular weight is 293 g/mol. The van der Waals surface area contributed by atoms with Crippen molar-refractivity contribution in [3.8, 4) is 0 Å². The summed E-state index contributed by atoms with van der Waals surface area (Å²) in [6.07, 6.45) is 1.59. The molecule has 0 saturated heterocycles. The minimum absolute atomic E-state index is 0.134. The van der Waals surface area contributed by atoms with Crippen LogP contribution in [0.4, 0.5) is 0 Å². The summed E-state index contributed by atoms with van der Waals surface area (Å²) in [4.78, 5) is 0. The normalized spacial score (nSPS) is 14.6. The molecule has 0 amide bonds. The second-order valence-corrected chi connectivity index (χ2v) is 6.24. The van der Waals surface area contributed by atoms with Crippen LogP contribution >= 0.6 is 11.6 Å².